The first-order chi connectivity index (χ1) is 8.84. The van der Waals surface area contributed by atoms with Gasteiger partial charge < -0.3 is 20.4 Å². The SMILES string of the molecule is CC(C)(Cc1ccc(C(O)CC=O)cc1)OC(N)=O. The lowest BCUT2D eigenvalue weighted by atomic mass is 9.96. The molecular formula is C14H19NO4. The van der Waals surface area contributed by atoms with Gasteiger partial charge in [-0.25, -0.2) is 4.79 Å². The van der Waals surface area contributed by atoms with Gasteiger partial charge in [0.2, 0.25) is 0 Å². The van der Waals surface area contributed by atoms with Gasteiger partial charge in [0.1, 0.15) is 11.9 Å². The maximum absolute atomic E-state index is 10.8. The van der Waals surface area contributed by atoms with Crippen LogP contribution in [0.2, 0.25) is 0 Å². The number of hydrogen-bond acceptors (Lipinski definition) is 4. The van der Waals surface area contributed by atoms with Gasteiger partial charge in [-0.3, -0.25) is 0 Å². The molecule has 5 nitrogen and oxygen atoms in total. The molecule has 0 aliphatic heterocycles. The van der Waals surface area contributed by atoms with Crippen molar-refractivity contribution < 1.29 is 19.4 Å². The normalized spacial score (nSPS) is 12.8. The molecule has 104 valence electrons. The number of rotatable bonds is 6. The summed E-state index contributed by atoms with van der Waals surface area (Å²) in [5.74, 6) is 0. The van der Waals surface area contributed by atoms with Crippen LogP contribution < -0.4 is 5.73 Å². The molecule has 19 heavy (non-hydrogen) atoms. The number of carbonyl (C=O) groups excluding carboxylic acids is 2. The van der Waals surface area contributed by atoms with Gasteiger partial charge >= 0.3 is 6.09 Å². The fourth-order valence-corrected chi connectivity index (χ4v) is 1.88. The summed E-state index contributed by atoms with van der Waals surface area (Å²) >= 11 is 0. The van der Waals surface area contributed by atoms with Crippen LogP contribution in [0.25, 0.3) is 0 Å². The molecule has 1 aromatic carbocycles. The van der Waals surface area contributed by atoms with E-state index in [1.54, 1.807) is 26.0 Å². The molecule has 1 aromatic rings. The molecule has 0 fully saturated rings. The zero-order valence-electron chi connectivity index (χ0n) is 11.1. The Balaban J connectivity index is 2.71. The smallest absolute Gasteiger partial charge is 0.405 e. The number of primary amides is 1. The number of aldehydes is 1. The van der Waals surface area contributed by atoms with E-state index in [0.717, 1.165) is 5.56 Å². The van der Waals surface area contributed by atoms with E-state index in [9.17, 15) is 14.7 Å². The number of ether oxygens (including phenoxy) is 1. The highest BCUT2D eigenvalue weighted by molar-refractivity contribution is 5.65. The number of carbonyl (C=O) groups is 2. The van der Waals surface area contributed by atoms with Gasteiger partial charge in [-0.15, -0.1) is 0 Å². The van der Waals surface area contributed by atoms with Crippen LogP contribution in [0, 0.1) is 0 Å². The number of nitrogens with two attached hydrogens (primary N) is 1. The van der Waals surface area contributed by atoms with E-state index in [-0.39, 0.29) is 6.42 Å². The van der Waals surface area contributed by atoms with Crippen molar-refractivity contribution in [2.45, 2.75) is 38.4 Å². The van der Waals surface area contributed by atoms with E-state index in [4.69, 9.17) is 10.5 Å². The van der Waals surface area contributed by atoms with Crippen molar-refractivity contribution in [2.24, 2.45) is 5.73 Å². The Morgan fingerprint density at radius 1 is 1.42 bits per heavy atom. The summed E-state index contributed by atoms with van der Waals surface area (Å²) in [4.78, 5) is 21.1. The molecule has 5 heteroatoms. The summed E-state index contributed by atoms with van der Waals surface area (Å²) in [7, 11) is 0. The second-order valence-corrected chi connectivity index (χ2v) is 5.02. The Kier molecular flexibility index (Phi) is 5.06. The molecule has 0 saturated carbocycles. The minimum Gasteiger partial charge on any atom is -0.443 e. The van der Waals surface area contributed by atoms with Crippen LogP contribution in [0.15, 0.2) is 24.3 Å². The summed E-state index contributed by atoms with van der Waals surface area (Å²) < 4.78 is 5.00. The van der Waals surface area contributed by atoms with Gasteiger partial charge in [-0.2, -0.15) is 0 Å². The second kappa shape index (κ2) is 6.33. The lowest BCUT2D eigenvalue weighted by Crippen LogP contribution is -2.33. The maximum Gasteiger partial charge on any atom is 0.405 e. The molecule has 1 amide bonds. The van der Waals surface area contributed by atoms with Crippen LogP contribution >= 0.6 is 0 Å². The second-order valence-electron chi connectivity index (χ2n) is 5.02. The highest BCUT2D eigenvalue weighted by atomic mass is 16.6. The van der Waals surface area contributed by atoms with E-state index in [1.807, 2.05) is 12.1 Å². The van der Waals surface area contributed by atoms with Crippen molar-refractivity contribution in [1.29, 1.82) is 0 Å². The molecule has 0 aromatic heterocycles. The van der Waals surface area contributed by atoms with E-state index in [2.05, 4.69) is 0 Å². The predicted octanol–water partition coefficient (Wildman–Crippen LogP) is 1.73. The van der Waals surface area contributed by atoms with Crippen molar-refractivity contribution in [1.82, 2.24) is 0 Å². The number of benzene rings is 1. The van der Waals surface area contributed by atoms with Crippen molar-refractivity contribution in [2.75, 3.05) is 0 Å². The van der Waals surface area contributed by atoms with E-state index < -0.39 is 17.8 Å². The minimum atomic E-state index is -0.803. The zero-order valence-corrected chi connectivity index (χ0v) is 11.1. The Morgan fingerprint density at radius 2 is 2.00 bits per heavy atom. The largest absolute Gasteiger partial charge is 0.443 e. The van der Waals surface area contributed by atoms with Gasteiger partial charge in [0.15, 0.2) is 0 Å². The first kappa shape index (κ1) is 15.2. The number of amides is 1. The van der Waals surface area contributed by atoms with Crippen molar-refractivity contribution >= 4 is 12.4 Å². The van der Waals surface area contributed by atoms with Crippen LogP contribution in [0.1, 0.15) is 37.5 Å². The van der Waals surface area contributed by atoms with Crippen LogP contribution in [0.3, 0.4) is 0 Å². The monoisotopic (exact) mass is 265 g/mol. The molecular weight excluding hydrogens is 246 g/mol. The molecule has 0 heterocycles. The average Bonchev–Trinajstić information content (AvgIpc) is 2.27. The fraction of sp³-hybridized carbons (Fsp3) is 0.429. The third-order valence-electron chi connectivity index (χ3n) is 2.69. The highest BCUT2D eigenvalue weighted by Crippen LogP contribution is 2.20. The quantitative estimate of drug-likeness (QED) is 0.766. The molecule has 1 unspecified atom stereocenters. The summed E-state index contributed by atoms with van der Waals surface area (Å²) in [5, 5.41) is 9.65. The molecule has 0 bridgehead atoms. The van der Waals surface area contributed by atoms with Gasteiger partial charge in [0.05, 0.1) is 6.10 Å². The van der Waals surface area contributed by atoms with Crippen molar-refractivity contribution in [3.63, 3.8) is 0 Å². The Labute approximate surface area is 112 Å². The molecule has 3 N–H and O–H groups in total. The fourth-order valence-electron chi connectivity index (χ4n) is 1.88. The Hall–Kier alpha value is -1.88. The van der Waals surface area contributed by atoms with Crippen LogP contribution in [0.5, 0.6) is 0 Å². The summed E-state index contributed by atoms with van der Waals surface area (Å²) in [6.45, 7) is 3.54. The van der Waals surface area contributed by atoms with Crippen molar-refractivity contribution in [3.8, 4) is 0 Å². The maximum atomic E-state index is 10.8. The van der Waals surface area contributed by atoms with Crippen LogP contribution in [-0.2, 0) is 16.0 Å². The predicted molar refractivity (Wildman–Crippen MR) is 70.5 cm³/mol. The van der Waals surface area contributed by atoms with E-state index in [1.165, 1.54) is 0 Å². The number of aliphatic hydroxyl groups excluding tert-OH is 1. The first-order valence-corrected chi connectivity index (χ1v) is 6.03. The van der Waals surface area contributed by atoms with Gasteiger partial charge in [-0.05, 0) is 25.0 Å². The molecule has 0 aliphatic carbocycles. The summed E-state index contributed by atoms with van der Waals surface area (Å²) in [6, 6.07) is 7.17. The Bertz CT molecular complexity index is 439. The van der Waals surface area contributed by atoms with Gasteiger partial charge in [0.25, 0.3) is 0 Å². The number of hydrogen-bond donors (Lipinski definition) is 2. The molecule has 0 radical (unpaired) electrons. The van der Waals surface area contributed by atoms with E-state index in [0.29, 0.717) is 18.3 Å². The number of aliphatic hydroxyl groups is 1. The van der Waals surface area contributed by atoms with Gasteiger partial charge in [-0.1, -0.05) is 24.3 Å². The van der Waals surface area contributed by atoms with Crippen molar-refractivity contribution in [3.05, 3.63) is 35.4 Å². The molecule has 0 saturated heterocycles. The van der Waals surface area contributed by atoms with Crippen LogP contribution in [0.4, 0.5) is 4.79 Å². The third-order valence-corrected chi connectivity index (χ3v) is 2.69. The van der Waals surface area contributed by atoms with E-state index >= 15 is 0 Å². The lowest BCUT2D eigenvalue weighted by Gasteiger charge is -2.24. The highest BCUT2D eigenvalue weighted by Gasteiger charge is 2.22. The lowest BCUT2D eigenvalue weighted by molar-refractivity contribution is -0.109. The molecule has 0 aliphatic rings. The molecule has 0 spiro atoms. The topological polar surface area (TPSA) is 89.6 Å². The summed E-state index contributed by atoms with van der Waals surface area (Å²) in [5.41, 5.74) is 5.95. The standard InChI is InChI=1S/C14H19NO4/c1-14(2,19-13(15)18)9-10-3-5-11(6-4-10)12(17)7-8-16/h3-6,8,12,17H,7,9H2,1-2H3,(H2,15,18). The zero-order chi connectivity index (χ0) is 14.5. The Morgan fingerprint density at radius 3 is 2.47 bits per heavy atom. The van der Waals surface area contributed by atoms with Crippen LogP contribution in [-0.4, -0.2) is 23.1 Å². The summed E-state index contributed by atoms with van der Waals surface area (Å²) in [6.07, 6.45) is -0.303. The first-order valence-electron chi connectivity index (χ1n) is 6.03. The van der Waals surface area contributed by atoms with Gasteiger partial charge in [0, 0.05) is 12.8 Å². The minimum absolute atomic E-state index is 0.0790. The average molecular weight is 265 g/mol. The molecule has 1 atom stereocenters. The third kappa shape index (κ3) is 5.09. The molecule has 1 rings (SSSR count).